The van der Waals surface area contributed by atoms with Gasteiger partial charge in [-0.2, -0.15) is 0 Å². The van der Waals surface area contributed by atoms with Gasteiger partial charge in [0.25, 0.3) is 0 Å². The second-order valence-electron chi connectivity index (χ2n) is 4.43. The zero-order chi connectivity index (χ0) is 11.5. The first kappa shape index (κ1) is 11.6. The first-order valence-corrected chi connectivity index (χ1v) is 6.04. The summed E-state index contributed by atoms with van der Waals surface area (Å²) in [5.41, 5.74) is 0. The molecule has 16 heavy (non-hydrogen) atoms. The van der Waals surface area contributed by atoms with Crippen molar-refractivity contribution >= 4 is 0 Å². The highest BCUT2D eigenvalue weighted by atomic mass is 16.5. The summed E-state index contributed by atoms with van der Waals surface area (Å²) in [6.45, 7) is 3.07. The average Bonchev–Trinajstić information content (AvgIpc) is 2.90. The molecule has 4 heteroatoms. The van der Waals surface area contributed by atoms with Crippen LogP contribution < -0.4 is 5.32 Å². The molecule has 1 aliphatic heterocycles. The Labute approximate surface area is 97.0 Å². The van der Waals surface area contributed by atoms with E-state index < -0.39 is 0 Å². The number of nitrogens with zero attached hydrogens (tertiary/aromatic N) is 2. The predicted molar refractivity (Wildman–Crippen MR) is 63.1 cm³/mol. The van der Waals surface area contributed by atoms with Crippen molar-refractivity contribution < 1.29 is 4.74 Å². The van der Waals surface area contributed by atoms with Crippen molar-refractivity contribution in [2.24, 2.45) is 13.0 Å². The van der Waals surface area contributed by atoms with Crippen LogP contribution in [0.2, 0.25) is 0 Å². The molecule has 90 valence electrons. The molecule has 1 N–H and O–H groups in total. The molecule has 1 fully saturated rings. The Kier molecular flexibility index (Phi) is 3.61. The Balaban J connectivity index is 2.19. The summed E-state index contributed by atoms with van der Waals surface area (Å²) in [5.74, 6) is 1.65. The standard InChI is InChI=1S/C12H21N3O/c1-4-10-9(5-8-16-10)11(13-2)12-14-6-7-15(12)3/h6-7,9-11,13H,4-5,8H2,1-3H3. The predicted octanol–water partition coefficient (Wildman–Crippen LogP) is 1.50. The van der Waals surface area contributed by atoms with E-state index in [2.05, 4.69) is 21.8 Å². The van der Waals surface area contributed by atoms with Gasteiger partial charge in [-0.3, -0.25) is 0 Å². The molecule has 1 aromatic rings. The van der Waals surface area contributed by atoms with Crippen molar-refractivity contribution in [2.75, 3.05) is 13.7 Å². The van der Waals surface area contributed by atoms with Gasteiger partial charge in [-0.25, -0.2) is 4.98 Å². The van der Waals surface area contributed by atoms with Crippen molar-refractivity contribution in [1.82, 2.24) is 14.9 Å². The summed E-state index contributed by atoms with van der Waals surface area (Å²) in [7, 11) is 4.05. The van der Waals surface area contributed by atoms with Crippen LogP contribution in [-0.2, 0) is 11.8 Å². The van der Waals surface area contributed by atoms with Crippen LogP contribution in [0.1, 0.15) is 31.6 Å². The van der Waals surface area contributed by atoms with Gasteiger partial charge in [0.05, 0.1) is 12.1 Å². The lowest BCUT2D eigenvalue weighted by molar-refractivity contribution is 0.0770. The zero-order valence-corrected chi connectivity index (χ0v) is 10.3. The fourth-order valence-corrected chi connectivity index (χ4v) is 2.68. The lowest BCUT2D eigenvalue weighted by Gasteiger charge is -2.26. The first-order valence-electron chi connectivity index (χ1n) is 6.04. The van der Waals surface area contributed by atoms with E-state index in [-0.39, 0.29) is 0 Å². The van der Waals surface area contributed by atoms with E-state index in [1.165, 1.54) is 0 Å². The molecule has 3 atom stereocenters. The van der Waals surface area contributed by atoms with E-state index in [1.807, 2.05) is 26.5 Å². The lowest BCUT2D eigenvalue weighted by atomic mass is 9.91. The van der Waals surface area contributed by atoms with Gasteiger partial charge in [0, 0.05) is 32.0 Å². The Hall–Kier alpha value is -0.870. The first-order chi connectivity index (χ1) is 7.77. The van der Waals surface area contributed by atoms with Gasteiger partial charge in [-0.1, -0.05) is 6.92 Å². The van der Waals surface area contributed by atoms with Gasteiger partial charge in [0.15, 0.2) is 0 Å². The van der Waals surface area contributed by atoms with Crippen molar-refractivity contribution in [2.45, 2.75) is 31.9 Å². The molecule has 4 nitrogen and oxygen atoms in total. The van der Waals surface area contributed by atoms with Crippen LogP contribution in [0.3, 0.4) is 0 Å². The summed E-state index contributed by atoms with van der Waals surface area (Å²) >= 11 is 0. The molecule has 0 spiro atoms. The number of hydrogen-bond donors (Lipinski definition) is 1. The van der Waals surface area contributed by atoms with Crippen molar-refractivity contribution in [3.05, 3.63) is 18.2 Å². The third-order valence-corrected chi connectivity index (χ3v) is 3.54. The molecule has 0 radical (unpaired) electrons. The van der Waals surface area contributed by atoms with Gasteiger partial charge in [0.2, 0.25) is 0 Å². The molecule has 2 heterocycles. The number of aryl methyl sites for hydroxylation is 1. The second kappa shape index (κ2) is 4.97. The minimum atomic E-state index is 0.299. The number of aromatic nitrogens is 2. The lowest BCUT2D eigenvalue weighted by Crippen LogP contribution is -2.32. The van der Waals surface area contributed by atoms with E-state index in [9.17, 15) is 0 Å². The number of rotatable bonds is 4. The SMILES string of the molecule is CCC1OCCC1C(NC)c1nccn1C. The molecule has 0 aromatic carbocycles. The molecule has 0 bridgehead atoms. The summed E-state index contributed by atoms with van der Waals surface area (Å²) in [4.78, 5) is 4.45. The van der Waals surface area contributed by atoms with Crippen LogP contribution >= 0.6 is 0 Å². The van der Waals surface area contributed by atoms with Crippen molar-refractivity contribution in [3.8, 4) is 0 Å². The quantitative estimate of drug-likeness (QED) is 0.840. The average molecular weight is 223 g/mol. The Morgan fingerprint density at radius 3 is 3.06 bits per heavy atom. The number of ether oxygens (including phenoxy) is 1. The normalized spacial score (nSPS) is 27.2. The summed E-state index contributed by atoms with van der Waals surface area (Å²) in [6, 6.07) is 0.299. The maximum Gasteiger partial charge on any atom is 0.125 e. The summed E-state index contributed by atoms with van der Waals surface area (Å²) < 4.78 is 7.85. The van der Waals surface area contributed by atoms with Gasteiger partial charge in [0.1, 0.15) is 5.82 Å². The van der Waals surface area contributed by atoms with Crippen LogP contribution in [0.25, 0.3) is 0 Å². The molecule has 0 aliphatic carbocycles. The summed E-state index contributed by atoms with van der Waals surface area (Å²) in [5, 5.41) is 3.39. The zero-order valence-electron chi connectivity index (χ0n) is 10.3. The Morgan fingerprint density at radius 2 is 2.50 bits per heavy atom. The molecular weight excluding hydrogens is 202 g/mol. The highest BCUT2D eigenvalue weighted by Gasteiger charge is 2.35. The molecule has 0 amide bonds. The van der Waals surface area contributed by atoms with Crippen molar-refractivity contribution in [1.29, 1.82) is 0 Å². The molecular formula is C12H21N3O. The number of nitrogens with one attached hydrogen (secondary N) is 1. The molecule has 1 saturated heterocycles. The number of imidazole rings is 1. The number of hydrogen-bond acceptors (Lipinski definition) is 3. The maximum atomic E-state index is 5.76. The third kappa shape index (κ3) is 1.99. The van der Waals surface area contributed by atoms with Crippen LogP contribution in [0.4, 0.5) is 0 Å². The maximum absolute atomic E-state index is 5.76. The van der Waals surface area contributed by atoms with E-state index in [1.54, 1.807) is 0 Å². The topological polar surface area (TPSA) is 39.1 Å². The Morgan fingerprint density at radius 1 is 1.69 bits per heavy atom. The highest BCUT2D eigenvalue weighted by molar-refractivity contribution is 5.03. The van der Waals surface area contributed by atoms with Gasteiger partial charge in [-0.15, -0.1) is 0 Å². The van der Waals surface area contributed by atoms with Crippen LogP contribution in [-0.4, -0.2) is 29.3 Å². The monoisotopic (exact) mass is 223 g/mol. The minimum Gasteiger partial charge on any atom is -0.378 e. The van der Waals surface area contributed by atoms with E-state index >= 15 is 0 Å². The fourth-order valence-electron chi connectivity index (χ4n) is 2.68. The molecule has 3 unspecified atom stereocenters. The van der Waals surface area contributed by atoms with Gasteiger partial charge < -0.3 is 14.6 Å². The highest BCUT2D eigenvalue weighted by Crippen LogP contribution is 2.33. The van der Waals surface area contributed by atoms with Gasteiger partial charge >= 0.3 is 0 Å². The van der Waals surface area contributed by atoms with Gasteiger partial charge in [-0.05, 0) is 19.9 Å². The molecule has 2 rings (SSSR count). The fraction of sp³-hybridized carbons (Fsp3) is 0.750. The largest absolute Gasteiger partial charge is 0.378 e. The molecule has 1 aromatic heterocycles. The van der Waals surface area contributed by atoms with E-state index in [4.69, 9.17) is 4.74 Å². The van der Waals surface area contributed by atoms with Crippen LogP contribution in [0.15, 0.2) is 12.4 Å². The van der Waals surface area contributed by atoms with Crippen molar-refractivity contribution in [3.63, 3.8) is 0 Å². The molecule has 0 saturated carbocycles. The minimum absolute atomic E-state index is 0.299. The summed E-state index contributed by atoms with van der Waals surface area (Å²) in [6.07, 6.45) is 6.42. The Bertz CT molecular complexity index is 337. The van der Waals surface area contributed by atoms with E-state index in [0.717, 1.165) is 25.3 Å². The third-order valence-electron chi connectivity index (χ3n) is 3.54. The van der Waals surface area contributed by atoms with E-state index in [0.29, 0.717) is 18.1 Å². The van der Waals surface area contributed by atoms with Crippen LogP contribution in [0.5, 0.6) is 0 Å². The second-order valence-corrected chi connectivity index (χ2v) is 4.43. The van der Waals surface area contributed by atoms with Crippen LogP contribution in [0, 0.1) is 5.92 Å². The smallest absolute Gasteiger partial charge is 0.125 e. The molecule has 1 aliphatic rings.